The van der Waals surface area contributed by atoms with Crippen molar-refractivity contribution in [2.24, 2.45) is 0 Å². The molecule has 3 atom stereocenters. The number of benzene rings is 1. The quantitative estimate of drug-likeness (QED) is 0.930. The highest BCUT2D eigenvalue weighted by Gasteiger charge is 2.36. The summed E-state index contributed by atoms with van der Waals surface area (Å²) in [6, 6.07) is 7.84. The molecule has 1 aliphatic heterocycles. The molecule has 0 spiro atoms. The summed E-state index contributed by atoms with van der Waals surface area (Å²) in [5.41, 5.74) is 0.954. The minimum absolute atomic E-state index is 0.0215. The van der Waals surface area contributed by atoms with Crippen molar-refractivity contribution in [2.45, 2.75) is 41.5 Å². The number of rotatable bonds is 3. The Morgan fingerprint density at radius 3 is 2.79 bits per heavy atom. The largest absolute Gasteiger partial charge is 0.306 e. The third-order valence-corrected chi connectivity index (χ3v) is 7.08. The fourth-order valence-electron chi connectivity index (χ4n) is 3.18. The van der Waals surface area contributed by atoms with E-state index in [-0.39, 0.29) is 11.8 Å². The second-order valence-electron chi connectivity index (χ2n) is 5.41. The van der Waals surface area contributed by atoms with Crippen molar-refractivity contribution >= 4 is 21.6 Å². The van der Waals surface area contributed by atoms with Crippen LogP contribution in [0.15, 0.2) is 29.2 Å². The molecule has 1 aromatic rings. The van der Waals surface area contributed by atoms with E-state index in [9.17, 15) is 8.42 Å². The fraction of sp³-hybridized carbons (Fsp3) is 0.571. The van der Waals surface area contributed by atoms with Gasteiger partial charge >= 0.3 is 0 Å². The van der Waals surface area contributed by atoms with Crippen LogP contribution in [0.3, 0.4) is 0 Å². The molecule has 0 radical (unpaired) electrons. The molecule has 2 aliphatic rings. The van der Waals surface area contributed by atoms with E-state index in [0.717, 1.165) is 23.7 Å². The van der Waals surface area contributed by atoms with Gasteiger partial charge < -0.3 is 5.32 Å². The summed E-state index contributed by atoms with van der Waals surface area (Å²) in [7, 11) is -3.08. The summed E-state index contributed by atoms with van der Waals surface area (Å²) in [4.78, 5) is 0.520. The summed E-state index contributed by atoms with van der Waals surface area (Å²) in [5.74, 6) is 0.215. The van der Waals surface area contributed by atoms with Crippen LogP contribution in [0.4, 0.5) is 0 Å². The van der Waals surface area contributed by atoms with E-state index >= 15 is 0 Å². The van der Waals surface area contributed by atoms with Gasteiger partial charge in [-0.1, -0.05) is 18.2 Å². The van der Waals surface area contributed by atoms with Gasteiger partial charge in [0.1, 0.15) is 0 Å². The minimum atomic E-state index is -3.08. The van der Waals surface area contributed by atoms with Crippen molar-refractivity contribution in [3.05, 3.63) is 29.8 Å². The zero-order valence-electron chi connectivity index (χ0n) is 11.0. The van der Waals surface area contributed by atoms with Crippen LogP contribution in [-0.4, -0.2) is 31.7 Å². The second kappa shape index (κ2) is 5.11. The van der Waals surface area contributed by atoms with E-state index in [0.29, 0.717) is 10.9 Å². The summed E-state index contributed by atoms with van der Waals surface area (Å²) in [6.45, 7) is 0. The van der Waals surface area contributed by atoms with Gasteiger partial charge in [0, 0.05) is 17.3 Å². The third-order valence-electron chi connectivity index (χ3n) is 4.17. The molecule has 3 nitrogen and oxygen atoms in total. The second-order valence-corrected chi connectivity index (χ2v) is 8.55. The highest BCUT2D eigenvalue weighted by Crippen LogP contribution is 2.35. The molecule has 1 heterocycles. The Labute approximate surface area is 119 Å². The highest BCUT2D eigenvalue weighted by molar-refractivity contribution is 7.99. The van der Waals surface area contributed by atoms with E-state index in [1.165, 1.54) is 6.42 Å². The van der Waals surface area contributed by atoms with Crippen LogP contribution in [0.25, 0.3) is 0 Å². The molecular weight excluding hydrogens is 278 g/mol. The Morgan fingerprint density at radius 1 is 1.26 bits per heavy atom. The van der Waals surface area contributed by atoms with Crippen LogP contribution in [0.1, 0.15) is 30.9 Å². The molecule has 1 aromatic carbocycles. The van der Waals surface area contributed by atoms with Crippen molar-refractivity contribution in [1.29, 1.82) is 0 Å². The van der Waals surface area contributed by atoms with Gasteiger partial charge in [0.25, 0.3) is 0 Å². The van der Waals surface area contributed by atoms with Crippen molar-refractivity contribution in [3.8, 4) is 0 Å². The Morgan fingerprint density at radius 2 is 2.05 bits per heavy atom. The molecule has 5 heteroatoms. The smallest absolute Gasteiger partial charge is 0.180 e. The van der Waals surface area contributed by atoms with Crippen LogP contribution in [0.2, 0.25) is 0 Å². The van der Waals surface area contributed by atoms with Crippen LogP contribution in [-0.2, 0) is 9.84 Å². The number of fused-ring (bicyclic) bond motifs is 1. The zero-order chi connectivity index (χ0) is 13.5. The Balaban J connectivity index is 1.77. The lowest BCUT2D eigenvalue weighted by Gasteiger charge is -2.18. The Bertz CT molecular complexity index is 571. The highest BCUT2D eigenvalue weighted by atomic mass is 32.2. The van der Waals surface area contributed by atoms with Crippen LogP contribution < -0.4 is 5.32 Å². The van der Waals surface area contributed by atoms with Gasteiger partial charge in [-0.3, -0.25) is 0 Å². The van der Waals surface area contributed by atoms with Crippen molar-refractivity contribution < 1.29 is 8.42 Å². The van der Waals surface area contributed by atoms with Gasteiger partial charge in [0.05, 0.1) is 10.6 Å². The molecule has 0 saturated heterocycles. The predicted octanol–water partition coefficient (Wildman–Crippen LogP) is 2.39. The average molecular weight is 297 g/mol. The van der Waals surface area contributed by atoms with Gasteiger partial charge in [0.2, 0.25) is 0 Å². The molecule has 1 aliphatic carbocycles. The van der Waals surface area contributed by atoms with Gasteiger partial charge in [-0.05, 0) is 37.1 Å². The van der Waals surface area contributed by atoms with Crippen molar-refractivity contribution in [3.63, 3.8) is 0 Å². The lowest BCUT2D eigenvalue weighted by molar-refractivity contribution is 0.465. The normalized spacial score (nSPS) is 32.4. The fourth-order valence-corrected chi connectivity index (χ4v) is 5.72. The maximum Gasteiger partial charge on any atom is 0.180 e. The van der Waals surface area contributed by atoms with E-state index in [1.807, 2.05) is 23.9 Å². The Hall–Kier alpha value is -0.520. The first kappa shape index (κ1) is 13.5. The molecule has 1 N–H and O–H groups in total. The average Bonchev–Trinajstić information content (AvgIpc) is 2.94. The van der Waals surface area contributed by atoms with Crippen molar-refractivity contribution in [1.82, 2.24) is 5.32 Å². The van der Waals surface area contributed by atoms with E-state index in [2.05, 4.69) is 11.6 Å². The molecule has 3 unspecified atom stereocenters. The number of thioether (sulfide) groups is 1. The SMILES string of the molecule is CSC1CCC(NC2CS(=O)(=O)c3ccccc32)C1. The zero-order valence-corrected chi connectivity index (χ0v) is 12.6. The number of hydrogen-bond donors (Lipinski definition) is 1. The Kier molecular flexibility index (Phi) is 3.62. The van der Waals surface area contributed by atoms with Gasteiger partial charge in [-0.2, -0.15) is 11.8 Å². The molecule has 0 aromatic heterocycles. The first-order chi connectivity index (χ1) is 9.10. The molecule has 19 heavy (non-hydrogen) atoms. The van der Waals surface area contributed by atoms with Crippen LogP contribution in [0.5, 0.6) is 0 Å². The van der Waals surface area contributed by atoms with Crippen LogP contribution >= 0.6 is 11.8 Å². The van der Waals surface area contributed by atoms with Gasteiger partial charge in [-0.25, -0.2) is 8.42 Å². The van der Waals surface area contributed by atoms with Gasteiger partial charge in [0.15, 0.2) is 9.84 Å². The first-order valence-electron chi connectivity index (χ1n) is 6.70. The lowest BCUT2D eigenvalue weighted by atomic mass is 10.1. The molecule has 0 amide bonds. The summed E-state index contributed by atoms with van der Waals surface area (Å²) in [5, 5.41) is 4.29. The topological polar surface area (TPSA) is 46.2 Å². The first-order valence-corrected chi connectivity index (χ1v) is 9.64. The van der Waals surface area contributed by atoms with E-state index < -0.39 is 9.84 Å². The van der Waals surface area contributed by atoms with Crippen LogP contribution in [0, 0.1) is 0 Å². The predicted molar refractivity (Wildman–Crippen MR) is 79.3 cm³/mol. The molecule has 0 bridgehead atoms. The van der Waals surface area contributed by atoms with Crippen molar-refractivity contribution in [2.75, 3.05) is 12.0 Å². The number of nitrogens with one attached hydrogen (secondary N) is 1. The molecule has 104 valence electrons. The van der Waals surface area contributed by atoms with E-state index in [1.54, 1.807) is 12.1 Å². The molecular formula is C14H19NO2S2. The van der Waals surface area contributed by atoms with E-state index in [4.69, 9.17) is 0 Å². The molecule has 1 saturated carbocycles. The number of hydrogen-bond acceptors (Lipinski definition) is 4. The third kappa shape index (κ3) is 2.56. The molecule has 1 fully saturated rings. The minimum Gasteiger partial charge on any atom is -0.306 e. The molecule has 3 rings (SSSR count). The maximum atomic E-state index is 12.1. The number of sulfone groups is 1. The standard InChI is InChI=1S/C14H19NO2S2/c1-18-11-7-6-10(8-11)15-13-9-19(16,17)14-5-3-2-4-12(13)14/h2-5,10-11,13,15H,6-9H2,1H3. The summed E-state index contributed by atoms with van der Waals surface area (Å²) in [6.07, 6.45) is 5.70. The summed E-state index contributed by atoms with van der Waals surface area (Å²) < 4.78 is 24.2. The monoisotopic (exact) mass is 297 g/mol. The van der Waals surface area contributed by atoms with Gasteiger partial charge in [-0.15, -0.1) is 0 Å². The maximum absolute atomic E-state index is 12.1. The summed E-state index contributed by atoms with van der Waals surface area (Å²) >= 11 is 1.92. The lowest BCUT2D eigenvalue weighted by Crippen LogP contribution is -2.32.